The maximum absolute atomic E-state index is 12.9. The third kappa shape index (κ3) is 4.00. The summed E-state index contributed by atoms with van der Waals surface area (Å²) in [6.45, 7) is 2.00. The molecule has 1 amide bonds. The molecule has 1 aliphatic rings. The van der Waals surface area contributed by atoms with Gasteiger partial charge in [0.1, 0.15) is 6.04 Å². The van der Waals surface area contributed by atoms with Gasteiger partial charge in [-0.05, 0) is 37.0 Å². The average Bonchev–Trinajstić information content (AvgIpc) is 2.75. The number of amides is 1. The Morgan fingerprint density at radius 2 is 1.68 bits per heavy atom. The van der Waals surface area contributed by atoms with Gasteiger partial charge < -0.3 is 10.6 Å². The Balaban J connectivity index is 1.48. The lowest BCUT2D eigenvalue weighted by molar-refractivity contribution is -0.714. The molecule has 0 saturated heterocycles. The molecule has 28 heavy (non-hydrogen) atoms. The minimum atomic E-state index is -0.153. The normalized spacial score (nSPS) is 16.8. The van der Waals surface area contributed by atoms with Crippen LogP contribution in [0.15, 0.2) is 78.9 Å². The minimum absolute atomic E-state index is 0.0476. The number of benzene rings is 3. The Labute approximate surface area is 166 Å². The van der Waals surface area contributed by atoms with E-state index in [2.05, 4.69) is 53.1 Å². The van der Waals surface area contributed by atoms with E-state index in [1.807, 2.05) is 43.3 Å². The molecule has 3 N–H and O–H groups in total. The van der Waals surface area contributed by atoms with Gasteiger partial charge in [0.05, 0.1) is 0 Å². The van der Waals surface area contributed by atoms with Gasteiger partial charge in [-0.1, -0.05) is 72.8 Å². The zero-order chi connectivity index (χ0) is 19.3. The monoisotopic (exact) mass is 371 g/mol. The van der Waals surface area contributed by atoms with Crippen molar-refractivity contribution in [3.8, 4) is 11.1 Å². The molecular formula is C25H27N2O+. The summed E-state index contributed by atoms with van der Waals surface area (Å²) in [6, 6.07) is 27.0. The topological polar surface area (TPSA) is 45.7 Å². The third-order valence-electron chi connectivity index (χ3n) is 5.62. The predicted molar refractivity (Wildman–Crippen MR) is 114 cm³/mol. The van der Waals surface area contributed by atoms with E-state index in [1.165, 1.54) is 17.5 Å². The summed E-state index contributed by atoms with van der Waals surface area (Å²) >= 11 is 0. The highest BCUT2D eigenvalue weighted by Gasteiger charge is 2.27. The minimum Gasteiger partial charge on any atom is -0.330 e. The molecule has 3 aromatic carbocycles. The Morgan fingerprint density at radius 3 is 2.54 bits per heavy atom. The summed E-state index contributed by atoms with van der Waals surface area (Å²) in [6.07, 6.45) is 3.45. The number of hydrogen-bond donors (Lipinski definition) is 2. The van der Waals surface area contributed by atoms with Crippen molar-refractivity contribution in [1.82, 2.24) is 0 Å². The smallest absolute Gasteiger partial charge is 0.282 e. The molecule has 142 valence electrons. The molecule has 0 aliphatic heterocycles. The Bertz CT molecular complexity index is 952. The number of fused-ring (bicyclic) bond motifs is 1. The second-order valence-electron chi connectivity index (χ2n) is 7.58. The number of nitrogens with one attached hydrogen (secondary N) is 1. The van der Waals surface area contributed by atoms with Crippen molar-refractivity contribution in [3.63, 3.8) is 0 Å². The molecule has 1 aliphatic carbocycles. The lowest BCUT2D eigenvalue weighted by Gasteiger charge is -2.26. The maximum atomic E-state index is 12.9. The van der Waals surface area contributed by atoms with E-state index in [-0.39, 0.29) is 11.9 Å². The van der Waals surface area contributed by atoms with Gasteiger partial charge in [0, 0.05) is 23.2 Å². The fraction of sp³-hybridized carbons (Fsp3) is 0.240. The summed E-state index contributed by atoms with van der Waals surface area (Å²) in [5.74, 6) is 0.0476. The number of hydrogen-bond acceptors (Lipinski definition) is 1. The zero-order valence-corrected chi connectivity index (χ0v) is 16.3. The molecule has 4 rings (SSSR count). The number of carbonyl (C=O) groups excluding carboxylic acids is 1. The fourth-order valence-corrected chi connectivity index (χ4v) is 4.14. The number of carbonyl (C=O) groups is 1. The number of nitrogens with two attached hydrogens (primary N) is 1. The van der Waals surface area contributed by atoms with Gasteiger partial charge in [-0.3, -0.25) is 4.79 Å². The van der Waals surface area contributed by atoms with E-state index < -0.39 is 0 Å². The SMILES string of the molecule is C[C@@H]([NH2+][C@H]1CCCc2ccccc21)C(=O)Nc1ccccc1-c1ccccc1. The Kier molecular flexibility index (Phi) is 5.54. The Morgan fingerprint density at radius 1 is 0.964 bits per heavy atom. The molecule has 0 saturated carbocycles. The second-order valence-corrected chi connectivity index (χ2v) is 7.58. The number of aryl methyl sites for hydroxylation is 1. The number of rotatable bonds is 5. The summed E-state index contributed by atoms with van der Waals surface area (Å²) in [5.41, 5.74) is 5.83. The zero-order valence-electron chi connectivity index (χ0n) is 16.3. The molecule has 3 nitrogen and oxygen atoms in total. The molecule has 3 aromatic rings. The van der Waals surface area contributed by atoms with Crippen molar-refractivity contribution in [2.24, 2.45) is 0 Å². The van der Waals surface area contributed by atoms with E-state index in [0.29, 0.717) is 6.04 Å². The molecule has 0 fully saturated rings. The van der Waals surface area contributed by atoms with Gasteiger partial charge in [-0.25, -0.2) is 0 Å². The first kappa shape index (κ1) is 18.5. The molecule has 0 unspecified atom stereocenters. The van der Waals surface area contributed by atoms with Crippen LogP contribution in [0.25, 0.3) is 11.1 Å². The largest absolute Gasteiger partial charge is 0.330 e. The average molecular weight is 372 g/mol. The van der Waals surface area contributed by atoms with Crippen molar-refractivity contribution < 1.29 is 10.1 Å². The van der Waals surface area contributed by atoms with E-state index in [9.17, 15) is 4.79 Å². The van der Waals surface area contributed by atoms with Gasteiger partial charge in [-0.15, -0.1) is 0 Å². The van der Waals surface area contributed by atoms with E-state index in [4.69, 9.17) is 0 Å². The Hall–Kier alpha value is -2.91. The standard InChI is InChI=1S/C25H26N2O/c1-18(26-23-17-9-13-20-12-5-6-14-21(20)23)25(28)27-24-16-8-7-15-22(24)19-10-3-2-4-11-19/h2-8,10-12,14-16,18,23,26H,9,13,17H2,1H3,(H,27,28)/p+1/t18-,23+/m1/s1. The van der Waals surface area contributed by atoms with Crippen molar-refractivity contribution in [3.05, 3.63) is 90.0 Å². The van der Waals surface area contributed by atoms with Crippen molar-refractivity contribution in [2.75, 3.05) is 5.32 Å². The van der Waals surface area contributed by atoms with Gasteiger partial charge in [0.25, 0.3) is 5.91 Å². The van der Waals surface area contributed by atoms with Crippen molar-refractivity contribution >= 4 is 11.6 Å². The number of anilines is 1. The van der Waals surface area contributed by atoms with Crippen LogP contribution >= 0.6 is 0 Å². The molecule has 0 heterocycles. The van der Waals surface area contributed by atoms with Gasteiger partial charge in [-0.2, -0.15) is 0 Å². The van der Waals surface area contributed by atoms with Crippen LogP contribution in [-0.4, -0.2) is 11.9 Å². The van der Waals surface area contributed by atoms with Crippen LogP contribution in [0.3, 0.4) is 0 Å². The molecule has 3 heteroatoms. The lowest BCUT2D eigenvalue weighted by atomic mass is 9.87. The summed E-state index contributed by atoms with van der Waals surface area (Å²) in [7, 11) is 0. The molecule has 0 aromatic heterocycles. The highest BCUT2D eigenvalue weighted by molar-refractivity contribution is 5.97. The first-order valence-electron chi connectivity index (χ1n) is 10.1. The molecule has 0 spiro atoms. The fourth-order valence-electron chi connectivity index (χ4n) is 4.14. The van der Waals surface area contributed by atoms with Crippen LogP contribution in [0.2, 0.25) is 0 Å². The summed E-state index contributed by atoms with van der Waals surface area (Å²) in [4.78, 5) is 12.9. The number of para-hydroxylation sites is 1. The highest BCUT2D eigenvalue weighted by Crippen LogP contribution is 2.28. The molecule has 2 atom stereocenters. The molecule has 0 radical (unpaired) electrons. The lowest BCUT2D eigenvalue weighted by Crippen LogP contribution is -2.92. The van der Waals surface area contributed by atoms with E-state index in [1.54, 1.807) is 0 Å². The van der Waals surface area contributed by atoms with Gasteiger partial charge >= 0.3 is 0 Å². The first-order valence-corrected chi connectivity index (χ1v) is 10.1. The number of quaternary nitrogens is 1. The summed E-state index contributed by atoms with van der Waals surface area (Å²) < 4.78 is 0. The third-order valence-corrected chi connectivity index (χ3v) is 5.62. The quantitative estimate of drug-likeness (QED) is 0.689. The maximum Gasteiger partial charge on any atom is 0.282 e. The summed E-state index contributed by atoms with van der Waals surface area (Å²) in [5, 5.41) is 5.37. The van der Waals surface area contributed by atoms with Crippen LogP contribution < -0.4 is 10.6 Å². The van der Waals surface area contributed by atoms with Crippen molar-refractivity contribution in [1.29, 1.82) is 0 Å². The van der Waals surface area contributed by atoms with Crippen LogP contribution in [-0.2, 0) is 11.2 Å². The predicted octanol–water partition coefficient (Wildman–Crippen LogP) is 4.32. The highest BCUT2D eigenvalue weighted by atomic mass is 16.2. The van der Waals surface area contributed by atoms with Gasteiger partial charge in [0.15, 0.2) is 6.04 Å². The first-order chi connectivity index (χ1) is 13.7. The second kappa shape index (κ2) is 8.41. The molecular weight excluding hydrogens is 344 g/mol. The van der Waals surface area contributed by atoms with Gasteiger partial charge in [0.2, 0.25) is 0 Å². The van der Waals surface area contributed by atoms with Crippen LogP contribution in [0.1, 0.15) is 36.9 Å². The van der Waals surface area contributed by atoms with E-state index in [0.717, 1.165) is 29.7 Å². The van der Waals surface area contributed by atoms with Crippen LogP contribution in [0.4, 0.5) is 5.69 Å². The molecule has 0 bridgehead atoms. The van der Waals surface area contributed by atoms with Crippen molar-refractivity contribution in [2.45, 2.75) is 38.3 Å². The van der Waals surface area contributed by atoms with Crippen LogP contribution in [0.5, 0.6) is 0 Å². The van der Waals surface area contributed by atoms with Crippen LogP contribution in [0, 0.1) is 0 Å². The van der Waals surface area contributed by atoms with E-state index >= 15 is 0 Å².